The Morgan fingerprint density at radius 3 is 1.32 bits per heavy atom. The highest BCUT2D eigenvalue weighted by Crippen LogP contribution is 2.16. The van der Waals surface area contributed by atoms with E-state index in [0.29, 0.717) is 0 Å². The molecular weight excluding hydrogens is 323 g/mol. The van der Waals surface area contributed by atoms with E-state index in [1.165, 1.54) is 19.8 Å². The number of hydrogen-bond donors (Lipinski definition) is 0. The van der Waals surface area contributed by atoms with Crippen LogP contribution in [0.5, 0.6) is 0 Å². The van der Waals surface area contributed by atoms with Crippen LogP contribution < -0.4 is 19.8 Å². The van der Waals surface area contributed by atoms with Gasteiger partial charge in [-0.1, -0.05) is 66.7 Å². The fourth-order valence-electron chi connectivity index (χ4n) is 3.27. The number of thiophene rings is 3. The Morgan fingerprint density at radius 1 is 0.500 bits per heavy atom. The van der Waals surface area contributed by atoms with Gasteiger partial charge in [0.2, 0.25) is 0 Å². The van der Waals surface area contributed by atoms with Gasteiger partial charge in [0, 0.05) is 0 Å². The minimum absolute atomic E-state index is 1.04. The molecule has 1 aromatic carbocycles. The molecule has 0 aliphatic heterocycles. The van der Waals surface area contributed by atoms with Crippen molar-refractivity contribution in [3.8, 4) is 0 Å². The smallest absolute Gasteiger partial charge is 0.139 e. The zero-order chi connectivity index (χ0) is 14.8. The third-order valence-electron chi connectivity index (χ3n) is 4.21. The fourth-order valence-corrected chi connectivity index (χ4v) is 6.69. The minimum Gasteiger partial charge on any atom is -0.193 e. The van der Waals surface area contributed by atoms with E-state index in [1.54, 1.807) is 0 Å². The third-order valence-corrected chi connectivity index (χ3v) is 7.37. The van der Waals surface area contributed by atoms with Crippen LogP contribution in [-0.4, -0.2) is 6.15 Å². The Morgan fingerprint density at radius 2 is 0.955 bits per heavy atom. The zero-order valence-corrected chi connectivity index (χ0v) is 14.3. The summed E-state index contributed by atoms with van der Waals surface area (Å²) in [6.07, 6.45) is -1.04. The van der Waals surface area contributed by atoms with Crippen molar-refractivity contribution < 1.29 is 0 Å². The highest BCUT2D eigenvalue weighted by molar-refractivity contribution is 7.48. The van der Waals surface area contributed by atoms with Crippen molar-refractivity contribution in [2.24, 2.45) is 0 Å². The maximum absolute atomic E-state index is 2.29. The van der Waals surface area contributed by atoms with Gasteiger partial charge in [-0.2, -0.15) is 39.5 Å². The standard InChI is InChI=1S/C18H14BS3/c1-2-7-15(8-3-1)19(16-9-4-12-20-16,17-10-5-13-21-17)18-11-6-14-22-18/h1-14H/q-1. The molecule has 0 unspecified atom stereocenters. The van der Waals surface area contributed by atoms with Gasteiger partial charge in [0.25, 0.3) is 0 Å². The molecule has 0 spiro atoms. The number of benzene rings is 1. The summed E-state index contributed by atoms with van der Waals surface area (Å²) in [6, 6.07) is 24.3. The second-order valence-electron chi connectivity index (χ2n) is 5.32. The predicted molar refractivity (Wildman–Crippen MR) is 104 cm³/mol. The maximum Gasteiger partial charge on any atom is 0.139 e. The Kier molecular flexibility index (Phi) is 3.74. The molecule has 4 aromatic rings. The maximum atomic E-state index is 2.29. The molecule has 0 nitrogen and oxygen atoms in total. The van der Waals surface area contributed by atoms with Gasteiger partial charge in [0.15, 0.2) is 0 Å². The van der Waals surface area contributed by atoms with Gasteiger partial charge in [-0.05, 0) is 16.1 Å². The molecule has 3 aromatic heterocycles. The quantitative estimate of drug-likeness (QED) is 0.502. The SMILES string of the molecule is c1ccc([B-](c2cccs2)(c2cccs2)c2cccs2)cc1. The van der Waals surface area contributed by atoms with Gasteiger partial charge in [-0.25, -0.2) is 0 Å². The first kappa shape index (κ1) is 14.0. The Labute approximate surface area is 142 Å². The van der Waals surface area contributed by atoms with E-state index < -0.39 is 6.15 Å². The molecule has 3 heterocycles. The Hall–Kier alpha value is -1.62. The lowest BCUT2D eigenvalue weighted by Gasteiger charge is -2.39. The second kappa shape index (κ2) is 5.88. The first-order chi connectivity index (χ1) is 10.9. The van der Waals surface area contributed by atoms with Crippen LogP contribution in [0, 0.1) is 0 Å². The summed E-state index contributed by atoms with van der Waals surface area (Å²) in [5, 5.41) is 6.57. The first-order valence-electron chi connectivity index (χ1n) is 7.25. The van der Waals surface area contributed by atoms with Crippen molar-refractivity contribution in [1.29, 1.82) is 0 Å². The molecule has 0 radical (unpaired) electrons. The molecule has 0 saturated carbocycles. The second-order valence-corrected chi connectivity index (χ2v) is 8.26. The average Bonchev–Trinajstić information content (AvgIpc) is 3.34. The van der Waals surface area contributed by atoms with Crippen molar-refractivity contribution in [1.82, 2.24) is 0 Å². The van der Waals surface area contributed by atoms with E-state index in [2.05, 4.69) is 82.9 Å². The number of hydrogen-bond acceptors (Lipinski definition) is 3. The van der Waals surface area contributed by atoms with Crippen molar-refractivity contribution >= 4 is 59.9 Å². The zero-order valence-electron chi connectivity index (χ0n) is 11.9. The minimum atomic E-state index is -1.04. The molecule has 0 aliphatic carbocycles. The van der Waals surface area contributed by atoms with E-state index >= 15 is 0 Å². The van der Waals surface area contributed by atoms with E-state index in [9.17, 15) is 0 Å². The lowest BCUT2D eigenvalue weighted by Crippen LogP contribution is -2.72. The van der Waals surface area contributed by atoms with Gasteiger partial charge in [0.05, 0.1) is 0 Å². The van der Waals surface area contributed by atoms with Crippen LogP contribution in [-0.2, 0) is 0 Å². The summed E-state index contributed by atoms with van der Waals surface area (Å²) in [6.45, 7) is 0. The summed E-state index contributed by atoms with van der Waals surface area (Å²) in [4.78, 5) is 0. The summed E-state index contributed by atoms with van der Waals surface area (Å²) >= 11 is 5.59. The molecule has 0 bridgehead atoms. The van der Waals surface area contributed by atoms with Gasteiger partial charge in [-0.3, -0.25) is 0 Å². The summed E-state index contributed by atoms with van der Waals surface area (Å²) in [5.41, 5.74) is 1.40. The van der Waals surface area contributed by atoms with Gasteiger partial charge in [-0.15, -0.1) is 14.3 Å². The van der Waals surface area contributed by atoms with Crippen LogP contribution in [0.4, 0.5) is 0 Å². The molecule has 22 heavy (non-hydrogen) atoms. The molecule has 108 valence electrons. The van der Waals surface area contributed by atoms with Crippen molar-refractivity contribution in [3.05, 3.63) is 82.9 Å². The van der Waals surface area contributed by atoms with E-state index in [-0.39, 0.29) is 0 Å². The molecule has 0 atom stereocenters. The normalized spacial score (nSPS) is 11.6. The highest BCUT2D eigenvalue weighted by atomic mass is 32.1. The molecule has 0 amide bonds. The highest BCUT2D eigenvalue weighted by Gasteiger charge is 2.34. The summed E-state index contributed by atoms with van der Waals surface area (Å²) in [5.74, 6) is 0. The lowest BCUT2D eigenvalue weighted by molar-refractivity contribution is 1.75. The first-order valence-corrected chi connectivity index (χ1v) is 9.89. The lowest BCUT2D eigenvalue weighted by atomic mass is 9.19. The van der Waals surface area contributed by atoms with Crippen LogP contribution in [0.2, 0.25) is 0 Å². The van der Waals surface area contributed by atoms with Crippen LogP contribution in [0.1, 0.15) is 0 Å². The molecule has 0 aliphatic rings. The third kappa shape index (κ3) is 2.10. The van der Waals surface area contributed by atoms with Crippen molar-refractivity contribution in [3.63, 3.8) is 0 Å². The van der Waals surface area contributed by atoms with Gasteiger partial charge < -0.3 is 0 Å². The van der Waals surface area contributed by atoms with E-state index in [1.807, 2.05) is 34.0 Å². The van der Waals surface area contributed by atoms with Crippen molar-refractivity contribution in [2.75, 3.05) is 0 Å². The fraction of sp³-hybridized carbons (Fsp3) is 0. The van der Waals surface area contributed by atoms with Gasteiger partial charge >= 0.3 is 0 Å². The molecule has 0 saturated heterocycles. The molecule has 4 heteroatoms. The summed E-state index contributed by atoms with van der Waals surface area (Å²) in [7, 11) is 0. The van der Waals surface area contributed by atoms with E-state index in [4.69, 9.17) is 0 Å². The monoisotopic (exact) mass is 337 g/mol. The Balaban J connectivity index is 2.10. The Bertz CT molecular complexity index is 732. The topological polar surface area (TPSA) is 0 Å². The van der Waals surface area contributed by atoms with Crippen molar-refractivity contribution in [2.45, 2.75) is 0 Å². The molecule has 0 N–H and O–H groups in total. The predicted octanol–water partition coefficient (Wildman–Crippen LogP) is 3.25. The molecular formula is C18H14BS3-. The van der Waals surface area contributed by atoms with Crippen LogP contribution in [0.3, 0.4) is 0 Å². The molecule has 4 rings (SSSR count). The summed E-state index contributed by atoms with van der Waals surface area (Å²) < 4.78 is 4.32. The van der Waals surface area contributed by atoms with E-state index in [0.717, 1.165) is 0 Å². The van der Waals surface area contributed by atoms with Gasteiger partial charge in [0.1, 0.15) is 6.15 Å². The van der Waals surface area contributed by atoms with Crippen LogP contribution in [0.25, 0.3) is 0 Å². The molecule has 0 fully saturated rings. The number of rotatable bonds is 4. The largest absolute Gasteiger partial charge is 0.193 e. The van der Waals surface area contributed by atoms with Crippen LogP contribution >= 0.6 is 34.0 Å². The van der Waals surface area contributed by atoms with Crippen LogP contribution in [0.15, 0.2) is 82.9 Å². The average molecular weight is 337 g/mol.